The Morgan fingerprint density at radius 1 is 1.27 bits per heavy atom. The molecule has 1 aliphatic heterocycles. The third-order valence-electron chi connectivity index (χ3n) is 5.70. The Kier molecular flexibility index (Phi) is 7.94. The van der Waals surface area contributed by atoms with Gasteiger partial charge in [-0.1, -0.05) is 25.5 Å². The van der Waals surface area contributed by atoms with Crippen LogP contribution in [0.5, 0.6) is 0 Å². The highest BCUT2D eigenvalue weighted by atomic mass is 16.5. The van der Waals surface area contributed by atoms with Gasteiger partial charge in [-0.25, -0.2) is 4.79 Å². The van der Waals surface area contributed by atoms with Gasteiger partial charge in [0.1, 0.15) is 0 Å². The minimum absolute atomic E-state index is 0.106. The first-order chi connectivity index (χ1) is 12.4. The first kappa shape index (κ1) is 20.7. The van der Waals surface area contributed by atoms with Gasteiger partial charge < -0.3 is 20.3 Å². The molecule has 0 aromatic rings. The molecule has 1 aliphatic carbocycles. The van der Waals surface area contributed by atoms with Crippen LogP contribution in [0.1, 0.15) is 40.5 Å². The fraction of sp³-hybridized carbons (Fsp3) is 0.800. The van der Waals surface area contributed by atoms with E-state index in [0.29, 0.717) is 69.5 Å². The molecule has 1 heterocycles. The van der Waals surface area contributed by atoms with E-state index in [1.165, 1.54) is 5.57 Å². The smallest absolute Gasteiger partial charge is 0.314 e. The molecule has 1 fully saturated rings. The predicted molar refractivity (Wildman–Crippen MR) is 103 cm³/mol. The minimum atomic E-state index is -0.106. The average molecular weight is 366 g/mol. The van der Waals surface area contributed by atoms with E-state index in [-0.39, 0.29) is 11.9 Å². The largest absolute Gasteiger partial charge is 0.378 e. The Morgan fingerprint density at radius 3 is 2.58 bits per heavy atom. The van der Waals surface area contributed by atoms with Crippen LogP contribution < -0.4 is 10.6 Å². The number of urea groups is 1. The molecular weight excluding hydrogens is 330 g/mol. The number of allylic oxidation sites excluding steroid dienone is 1. The molecule has 0 spiro atoms. The van der Waals surface area contributed by atoms with Crippen molar-refractivity contribution >= 4 is 11.9 Å². The summed E-state index contributed by atoms with van der Waals surface area (Å²) in [4.78, 5) is 26.3. The lowest BCUT2D eigenvalue weighted by atomic mass is 9.69. The van der Waals surface area contributed by atoms with Crippen LogP contribution in [-0.2, 0) is 9.53 Å². The quantitative estimate of drug-likeness (QED) is 0.710. The van der Waals surface area contributed by atoms with Crippen LogP contribution >= 0.6 is 0 Å². The lowest BCUT2D eigenvalue weighted by Gasteiger charge is -2.38. The van der Waals surface area contributed by atoms with Gasteiger partial charge in [0, 0.05) is 32.6 Å². The molecule has 3 amide bonds. The van der Waals surface area contributed by atoms with Gasteiger partial charge in [0.2, 0.25) is 5.91 Å². The maximum absolute atomic E-state index is 12.6. The molecule has 148 valence electrons. The van der Waals surface area contributed by atoms with Crippen LogP contribution in [0.4, 0.5) is 4.79 Å². The van der Waals surface area contributed by atoms with E-state index in [9.17, 15) is 9.59 Å². The fourth-order valence-corrected chi connectivity index (χ4v) is 4.09. The normalized spacial score (nSPS) is 26.4. The highest BCUT2D eigenvalue weighted by molar-refractivity contribution is 5.77. The van der Waals surface area contributed by atoms with Crippen LogP contribution in [-0.4, -0.2) is 56.2 Å². The van der Waals surface area contributed by atoms with Gasteiger partial charge >= 0.3 is 6.03 Å². The zero-order valence-electron chi connectivity index (χ0n) is 16.7. The molecule has 0 unspecified atom stereocenters. The monoisotopic (exact) mass is 365 g/mol. The van der Waals surface area contributed by atoms with E-state index >= 15 is 0 Å². The number of morpholine rings is 1. The van der Waals surface area contributed by atoms with Crippen molar-refractivity contribution in [2.45, 2.75) is 40.5 Å². The first-order valence-electron chi connectivity index (χ1n) is 9.97. The maximum Gasteiger partial charge on any atom is 0.314 e. The summed E-state index contributed by atoms with van der Waals surface area (Å²) in [5.41, 5.74) is 1.28. The van der Waals surface area contributed by atoms with Gasteiger partial charge in [-0.2, -0.15) is 0 Å². The van der Waals surface area contributed by atoms with E-state index in [1.807, 2.05) is 11.8 Å². The number of nitrogens with zero attached hydrogens (tertiary/aromatic N) is 1. The Labute approximate surface area is 157 Å². The summed E-state index contributed by atoms with van der Waals surface area (Å²) in [7, 11) is 0. The molecule has 6 heteroatoms. The van der Waals surface area contributed by atoms with Crippen LogP contribution in [0.25, 0.3) is 0 Å². The van der Waals surface area contributed by atoms with Crippen molar-refractivity contribution in [1.29, 1.82) is 0 Å². The van der Waals surface area contributed by atoms with Crippen molar-refractivity contribution in [2.24, 2.45) is 23.7 Å². The minimum Gasteiger partial charge on any atom is -0.378 e. The zero-order chi connectivity index (χ0) is 19.1. The van der Waals surface area contributed by atoms with E-state index in [1.54, 1.807) is 0 Å². The Hall–Kier alpha value is -1.56. The highest BCUT2D eigenvalue weighted by Gasteiger charge is 2.33. The van der Waals surface area contributed by atoms with E-state index in [4.69, 9.17) is 4.74 Å². The average Bonchev–Trinajstić information content (AvgIpc) is 2.62. The molecule has 2 N–H and O–H groups in total. The Balaban J connectivity index is 1.98. The first-order valence-corrected chi connectivity index (χ1v) is 9.97. The second kappa shape index (κ2) is 9.95. The Bertz CT molecular complexity index is 512. The van der Waals surface area contributed by atoms with Crippen molar-refractivity contribution in [1.82, 2.24) is 15.5 Å². The molecule has 0 bridgehead atoms. The number of nitrogens with one attached hydrogen (secondary N) is 2. The van der Waals surface area contributed by atoms with Crippen molar-refractivity contribution in [3.8, 4) is 0 Å². The van der Waals surface area contributed by atoms with E-state index in [0.717, 1.165) is 6.42 Å². The van der Waals surface area contributed by atoms with Crippen molar-refractivity contribution in [3.63, 3.8) is 0 Å². The molecule has 0 aromatic heterocycles. The topological polar surface area (TPSA) is 70.7 Å². The molecule has 0 saturated carbocycles. The van der Waals surface area contributed by atoms with Crippen molar-refractivity contribution < 1.29 is 14.3 Å². The molecule has 0 radical (unpaired) electrons. The molecule has 6 nitrogen and oxygen atoms in total. The SMILES string of the molecule is CCNC(=O)NC[C@@H]1C=C(C)[C@H](CC(=O)N2CCOCC2)C[C@H]1C(C)C. The van der Waals surface area contributed by atoms with Crippen LogP contribution in [0.2, 0.25) is 0 Å². The molecule has 26 heavy (non-hydrogen) atoms. The number of hydrogen-bond donors (Lipinski definition) is 2. The number of ether oxygens (including phenoxy) is 1. The lowest BCUT2D eigenvalue weighted by molar-refractivity contribution is -0.136. The third-order valence-corrected chi connectivity index (χ3v) is 5.70. The zero-order valence-corrected chi connectivity index (χ0v) is 16.7. The van der Waals surface area contributed by atoms with Gasteiger partial charge in [0.15, 0.2) is 0 Å². The van der Waals surface area contributed by atoms with Crippen LogP contribution in [0, 0.1) is 23.7 Å². The molecule has 2 aliphatic rings. The van der Waals surface area contributed by atoms with Crippen molar-refractivity contribution in [2.75, 3.05) is 39.4 Å². The summed E-state index contributed by atoms with van der Waals surface area (Å²) in [6, 6.07) is -0.106. The number of carbonyl (C=O) groups is 2. The van der Waals surface area contributed by atoms with Crippen LogP contribution in [0.15, 0.2) is 11.6 Å². The molecule has 1 saturated heterocycles. The number of carbonyl (C=O) groups excluding carboxylic acids is 2. The fourth-order valence-electron chi connectivity index (χ4n) is 4.09. The van der Waals surface area contributed by atoms with Gasteiger partial charge in [-0.15, -0.1) is 0 Å². The standard InChI is InChI=1S/C20H35N3O3/c1-5-21-20(25)22-13-17-10-15(4)16(11-18(17)14(2)3)12-19(24)23-6-8-26-9-7-23/h10,14,16-18H,5-9,11-13H2,1-4H3,(H2,21,22,25)/t16-,17-,18-/m0/s1. The number of hydrogen-bond acceptors (Lipinski definition) is 3. The summed E-state index contributed by atoms with van der Waals surface area (Å²) >= 11 is 0. The second-order valence-electron chi connectivity index (χ2n) is 7.85. The van der Waals surface area contributed by atoms with Crippen molar-refractivity contribution in [3.05, 3.63) is 11.6 Å². The molecule has 2 rings (SSSR count). The Morgan fingerprint density at radius 2 is 1.96 bits per heavy atom. The summed E-state index contributed by atoms with van der Waals surface area (Å²) < 4.78 is 5.34. The summed E-state index contributed by atoms with van der Waals surface area (Å²) in [6.45, 7) is 12.5. The highest BCUT2D eigenvalue weighted by Crippen LogP contribution is 2.39. The third kappa shape index (κ3) is 5.73. The molecule has 0 aromatic carbocycles. The summed E-state index contributed by atoms with van der Waals surface area (Å²) in [5.74, 6) is 1.86. The van der Waals surface area contributed by atoms with E-state index < -0.39 is 0 Å². The number of rotatable bonds is 6. The predicted octanol–water partition coefficient (Wildman–Crippen LogP) is 2.41. The van der Waals surface area contributed by atoms with Gasteiger partial charge in [-0.05, 0) is 43.9 Å². The van der Waals surface area contributed by atoms with Gasteiger partial charge in [0.25, 0.3) is 0 Å². The molecule has 3 atom stereocenters. The maximum atomic E-state index is 12.6. The lowest BCUT2D eigenvalue weighted by Crippen LogP contribution is -2.43. The van der Waals surface area contributed by atoms with Gasteiger partial charge in [-0.3, -0.25) is 4.79 Å². The summed E-state index contributed by atoms with van der Waals surface area (Å²) in [5, 5.41) is 5.76. The van der Waals surface area contributed by atoms with E-state index in [2.05, 4.69) is 37.5 Å². The molecular formula is C20H35N3O3. The second-order valence-corrected chi connectivity index (χ2v) is 7.85. The van der Waals surface area contributed by atoms with Crippen LogP contribution in [0.3, 0.4) is 0 Å². The van der Waals surface area contributed by atoms with Gasteiger partial charge in [0.05, 0.1) is 13.2 Å². The summed E-state index contributed by atoms with van der Waals surface area (Å²) in [6.07, 6.45) is 3.89. The number of amides is 3.